The fraction of sp³-hybridized carbons (Fsp3) is 0.357. The molecule has 124 valence electrons. The van der Waals surface area contributed by atoms with Gasteiger partial charge in [-0.2, -0.15) is 0 Å². The lowest BCUT2D eigenvalue weighted by molar-refractivity contribution is -0.384. The highest BCUT2D eigenvalue weighted by atomic mass is 16.6. The number of amides is 1. The van der Waals surface area contributed by atoms with E-state index in [9.17, 15) is 24.5 Å². The van der Waals surface area contributed by atoms with Crippen LogP contribution in [0.1, 0.15) is 37.3 Å². The minimum Gasteiger partial charge on any atom is -0.481 e. The Bertz CT molecular complexity index is 598. The van der Waals surface area contributed by atoms with E-state index in [1.54, 1.807) is 0 Å². The van der Waals surface area contributed by atoms with E-state index in [1.807, 2.05) is 0 Å². The summed E-state index contributed by atoms with van der Waals surface area (Å²) >= 11 is 0. The summed E-state index contributed by atoms with van der Waals surface area (Å²) < 4.78 is 0. The number of benzene rings is 1. The van der Waals surface area contributed by atoms with Crippen molar-refractivity contribution < 1.29 is 29.5 Å². The Kier molecular flexibility index (Phi) is 6.66. The van der Waals surface area contributed by atoms with Crippen LogP contribution in [0, 0.1) is 10.1 Å². The number of hydrogen-bond donors (Lipinski definition) is 3. The summed E-state index contributed by atoms with van der Waals surface area (Å²) in [4.78, 5) is 43.1. The first-order chi connectivity index (χ1) is 10.8. The molecule has 9 nitrogen and oxygen atoms in total. The first-order valence-electron chi connectivity index (χ1n) is 6.77. The van der Waals surface area contributed by atoms with E-state index in [4.69, 9.17) is 10.2 Å². The number of carboxylic acid groups (broad SMARTS) is 2. The van der Waals surface area contributed by atoms with E-state index < -0.39 is 28.8 Å². The van der Waals surface area contributed by atoms with Crippen LogP contribution < -0.4 is 5.32 Å². The van der Waals surface area contributed by atoms with Crippen LogP contribution in [-0.4, -0.2) is 33.0 Å². The Hall–Kier alpha value is -2.97. The van der Waals surface area contributed by atoms with Gasteiger partial charge in [-0.25, -0.2) is 0 Å². The number of hydrogen-bond acceptors (Lipinski definition) is 5. The van der Waals surface area contributed by atoms with Crippen molar-refractivity contribution in [2.45, 2.75) is 31.7 Å². The highest BCUT2D eigenvalue weighted by Gasteiger charge is 2.19. The van der Waals surface area contributed by atoms with Crippen LogP contribution in [0.5, 0.6) is 0 Å². The van der Waals surface area contributed by atoms with E-state index in [1.165, 1.54) is 24.3 Å². The third-order valence-corrected chi connectivity index (χ3v) is 3.01. The van der Waals surface area contributed by atoms with Gasteiger partial charge in [0.05, 0.1) is 17.4 Å². The van der Waals surface area contributed by atoms with Crippen LogP contribution in [-0.2, 0) is 14.4 Å². The molecule has 0 aromatic heterocycles. The molecule has 1 aromatic carbocycles. The monoisotopic (exact) mass is 324 g/mol. The number of nitro benzene ring substituents is 1. The number of rotatable bonds is 9. The predicted molar refractivity (Wildman–Crippen MR) is 77.7 cm³/mol. The van der Waals surface area contributed by atoms with Crippen LogP contribution in [0.25, 0.3) is 0 Å². The Balaban J connectivity index is 2.75. The molecule has 1 amide bonds. The number of nitrogens with one attached hydrogen (secondary N) is 1. The molecule has 1 atom stereocenters. The standard InChI is InChI=1S/C14H16N2O7/c17-12(2-1-3-13(18)19)15-11(8-14(20)21)9-4-6-10(7-5-9)16(22)23/h4-7,11H,1-3,8H2,(H,15,17)(H,18,19)(H,20,21). The van der Waals surface area contributed by atoms with Gasteiger partial charge in [0.1, 0.15) is 0 Å². The smallest absolute Gasteiger partial charge is 0.305 e. The number of carbonyl (C=O) groups excluding carboxylic acids is 1. The summed E-state index contributed by atoms with van der Waals surface area (Å²) in [5.74, 6) is -2.63. The molecule has 1 aromatic rings. The molecular formula is C14H16N2O7. The average molecular weight is 324 g/mol. The summed E-state index contributed by atoms with van der Waals surface area (Å²) in [5, 5.41) is 30.5. The summed E-state index contributed by atoms with van der Waals surface area (Å²) in [5.41, 5.74) is 0.278. The molecule has 23 heavy (non-hydrogen) atoms. The van der Waals surface area contributed by atoms with E-state index in [0.717, 1.165) is 0 Å². The first kappa shape index (κ1) is 18.1. The SMILES string of the molecule is O=C(O)CCCC(=O)NC(CC(=O)O)c1ccc([N+](=O)[O-])cc1. The number of nitro groups is 1. The van der Waals surface area contributed by atoms with Gasteiger partial charge in [0.15, 0.2) is 0 Å². The number of aliphatic carboxylic acids is 2. The van der Waals surface area contributed by atoms with Gasteiger partial charge in [0, 0.05) is 25.0 Å². The van der Waals surface area contributed by atoms with E-state index in [0.29, 0.717) is 5.56 Å². The van der Waals surface area contributed by atoms with Crippen molar-refractivity contribution in [2.24, 2.45) is 0 Å². The Morgan fingerprint density at radius 2 is 1.70 bits per heavy atom. The van der Waals surface area contributed by atoms with Gasteiger partial charge in [0.25, 0.3) is 5.69 Å². The van der Waals surface area contributed by atoms with Crippen LogP contribution in [0.2, 0.25) is 0 Å². The molecule has 0 aliphatic rings. The molecule has 0 spiro atoms. The minimum atomic E-state index is -1.14. The maximum absolute atomic E-state index is 11.8. The maximum atomic E-state index is 11.8. The fourth-order valence-corrected chi connectivity index (χ4v) is 1.92. The summed E-state index contributed by atoms with van der Waals surface area (Å²) in [7, 11) is 0. The van der Waals surface area contributed by atoms with Gasteiger partial charge in [-0.15, -0.1) is 0 Å². The van der Waals surface area contributed by atoms with Gasteiger partial charge >= 0.3 is 11.9 Å². The molecule has 0 fully saturated rings. The Labute approximate surface area is 131 Å². The third-order valence-electron chi connectivity index (χ3n) is 3.01. The van der Waals surface area contributed by atoms with Gasteiger partial charge < -0.3 is 15.5 Å². The van der Waals surface area contributed by atoms with Gasteiger partial charge in [-0.3, -0.25) is 24.5 Å². The molecule has 1 rings (SSSR count). The molecular weight excluding hydrogens is 308 g/mol. The van der Waals surface area contributed by atoms with E-state index in [-0.39, 0.29) is 31.4 Å². The Morgan fingerprint density at radius 1 is 1.09 bits per heavy atom. The van der Waals surface area contributed by atoms with Crippen molar-refractivity contribution in [1.82, 2.24) is 5.32 Å². The third kappa shape index (κ3) is 6.55. The molecule has 3 N–H and O–H groups in total. The summed E-state index contributed by atoms with van der Waals surface area (Å²) in [6, 6.07) is 4.36. The van der Waals surface area contributed by atoms with Crippen molar-refractivity contribution in [3.05, 3.63) is 39.9 Å². The van der Waals surface area contributed by atoms with E-state index in [2.05, 4.69) is 5.32 Å². The van der Waals surface area contributed by atoms with Gasteiger partial charge in [-0.05, 0) is 12.0 Å². The molecule has 9 heteroatoms. The number of non-ortho nitro benzene ring substituents is 1. The quantitative estimate of drug-likeness (QED) is 0.460. The zero-order chi connectivity index (χ0) is 17.4. The van der Waals surface area contributed by atoms with Crippen molar-refractivity contribution in [2.75, 3.05) is 0 Å². The number of nitrogens with zero attached hydrogens (tertiary/aromatic N) is 1. The first-order valence-corrected chi connectivity index (χ1v) is 6.77. The fourth-order valence-electron chi connectivity index (χ4n) is 1.92. The van der Waals surface area contributed by atoms with Gasteiger partial charge in [-0.1, -0.05) is 12.1 Å². The number of carbonyl (C=O) groups is 3. The second kappa shape index (κ2) is 8.47. The minimum absolute atomic E-state index is 0.0462. The Morgan fingerprint density at radius 3 is 2.17 bits per heavy atom. The van der Waals surface area contributed by atoms with Gasteiger partial charge in [0.2, 0.25) is 5.91 Å². The molecule has 0 bridgehead atoms. The van der Waals surface area contributed by atoms with Crippen molar-refractivity contribution in [3.63, 3.8) is 0 Å². The average Bonchev–Trinajstić information content (AvgIpc) is 2.45. The molecule has 0 aliphatic carbocycles. The van der Waals surface area contributed by atoms with Crippen LogP contribution in [0.3, 0.4) is 0 Å². The lowest BCUT2D eigenvalue weighted by Gasteiger charge is -2.17. The van der Waals surface area contributed by atoms with E-state index >= 15 is 0 Å². The van der Waals surface area contributed by atoms with Crippen LogP contribution >= 0.6 is 0 Å². The number of carboxylic acids is 2. The molecule has 0 heterocycles. The summed E-state index contributed by atoms with van der Waals surface area (Å²) in [6.45, 7) is 0. The highest BCUT2D eigenvalue weighted by Crippen LogP contribution is 2.20. The second-order valence-electron chi connectivity index (χ2n) is 4.81. The predicted octanol–water partition coefficient (Wildman–Crippen LogP) is 1.48. The molecule has 0 aliphatic heterocycles. The summed E-state index contributed by atoms with van der Waals surface area (Å²) in [6.07, 6.45) is -0.451. The maximum Gasteiger partial charge on any atom is 0.305 e. The van der Waals surface area contributed by atoms with Crippen LogP contribution in [0.4, 0.5) is 5.69 Å². The molecule has 0 radical (unpaired) electrons. The van der Waals surface area contributed by atoms with Crippen molar-refractivity contribution in [1.29, 1.82) is 0 Å². The second-order valence-corrected chi connectivity index (χ2v) is 4.81. The lowest BCUT2D eigenvalue weighted by atomic mass is 10.0. The zero-order valence-corrected chi connectivity index (χ0v) is 12.1. The zero-order valence-electron chi connectivity index (χ0n) is 12.1. The van der Waals surface area contributed by atoms with Crippen molar-refractivity contribution in [3.8, 4) is 0 Å². The van der Waals surface area contributed by atoms with Crippen molar-refractivity contribution >= 4 is 23.5 Å². The highest BCUT2D eigenvalue weighted by molar-refractivity contribution is 5.78. The molecule has 0 saturated heterocycles. The largest absolute Gasteiger partial charge is 0.481 e. The molecule has 1 unspecified atom stereocenters. The van der Waals surface area contributed by atoms with Crippen LogP contribution in [0.15, 0.2) is 24.3 Å². The lowest BCUT2D eigenvalue weighted by Crippen LogP contribution is -2.30. The topological polar surface area (TPSA) is 147 Å². The normalized spacial score (nSPS) is 11.5. The molecule has 0 saturated carbocycles.